The number of nitrogens with zero attached hydrogens (tertiary/aromatic N) is 1. The SMILES string of the molecule is COc1ccc(NC(=O)N(CC2CCC2)C[C@@H]2CCCO2)cc1NC(C)=O. The molecule has 27 heavy (non-hydrogen) atoms. The Labute approximate surface area is 160 Å². The zero-order chi connectivity index (χ0) is 19.2. The van der Waals surface area contributed by atoms with Crippen molar-refractivity contribution in [2.45, 2.75) is 45.1 Å². The molecular formula is C20H29N3O4. The fraction of sp³-hybridized carbons (Fsp3) is 0.600. The molecule has 0 radical (unpaired) electrons. The highest BCUT2D eigenvalue weighted by Gasteiger charge is 2.27. The number of hydrogen-bond donors (Lipinski definition) is 2. The van der Waals surface area contributed by atoms with Gasteiger partial charge in [0.05, 0.1) is 18.9 Å². The molecule has 1 aromatic carbocycles. The minimum Gasteiger partial charge on any atom is -0.495 e. The molecule has 1 saturated carbocycles. The highest BCUT2D eigenvalue weighted by Crippen LogP contribution is 2.30. The quantitative estimate of drug-likeness (QED) is 0.765. The highest BCUT2D eigenvalue weighted by atomic mass is 16.5. The predicted molar refractivity (Wildman–Crippen MR) is 104 cm³/mol. The third-order valence-electron chi connectivity index (χ3n) is 5.20. The van der Waals surface area contributed by atoms with Crippen LogP contribution < -0.4 is 15.4 Å². The number of ether oxygens (including phenoxy) is 2. The van der Waals surface area contributed by atoms with Crippen LogP contribution in [0.2, 0.25) is 0 Å². The lowest BCUT2D eigenvalue weighted by Crippen LogP contribution is -2.44. The van der Waals surface area contributed by atoms with Gasteiger partial charge in [0.2, 0.25) is 5.91 Å². The summed E-state index contributed by atoms with van der Waals surface area (Å²) in [5.74, 6) is 0.943. The second-order valence-corrected chi connectivity index (χ2v) is 7.36. The van der Waals surface area contributed by atoms with E-state index < -0.39 is 0 Å². The molecule has 0 aromatic heterocycles. The second kappa shape index (κ2) is 9.08. The van der Waals surface area contributed by atoms with Gasteiger partial charge in [0.1, 0.15) is 5.75 Å². The molecule has 0 bridgehead atoms. The molecule has 2 N–H and O–H groups in total. The fourth-order valence-electron chi connectivity index (χ4n) is 3.54. The van der Waals surface area contributed by atoms with Gasteiger partial charge in [-0.15, -0.1) is 0 Å². The number of amides is 3. The van der Waals surface area contributed by atoms with Crippen LogP contribution >= 0.6 is 0 Å². The summed E-state index contributed by atoms with van der Waals surface area (Å²) in [6, 6.07) is 5.09. The van der Waals surface area contributed by atoms with Crippen LogP contribution in [0.15, 0.2) is 18.2 Å². The molecule has 0 unspecified atom stereocenters. The average molecular weight is 375 g/mol. The minimum absolute atomic E-state index is 0.127. The molecule has 148 valence electrons. The fourth-order valence-corrected chi connectivity index (χ4v) is 3.54. The first kappa shape index (κ1) is 19.5. The molecule has 3 amide bonds. The zero-order valence-electron chi connectivity index (χ0n) is 16.1. The summed E-state index contributed by atoms with van der Waals surface area (Å²) in [5, 5.41) is 5.69. The second-order valence-electron chi connectivity index (χ2n) is 7.36. The summed E-state index contributed by atoms with van der Waals surface area (Å²) >= 11 is 0. The van der Waals surface area contributed by atoms with Crippen LogP contribution in [0.1, 0.15) is 39.0 Å². The molecule has 7 heteroatoms. The lowest BCUT2D eigenvalue weighted by Gasteiger charge is -2.33. The Morgan fingerprint density at radius 3 is 2.59 bits per heavy atom. The van der Waals surface area contributed by atoms with Gasteiger partial charge in [0, 0.05) is 32.3 Å². The van der Waals surface area contributed by atoms with E-state index in [0.717, 1.165) is 26.0 Å². The van der Waals surface area contributed by atoms with Crippen molar-refractivity contribution in [1.29, 1.82) is 0 Å². The van der Waals surface area contributed by atoms with Crippen LogP contribution in [0.4, 0.5) is 16.2 Å². The Bertz CT molecular complexity index is 669. The normalized spacial score (nSPS) is 19.3. The Hall–Kier alpha value is -2.28. The maximum atomic E-state index is 12.9. The van der Waals surface area contributed by atoms with E-state index in [1.54, 1.807) is 25.3 Å². The summed E-state index contributed by atoms with van der Waals surface area (Å²) < 4.78 is 11.0. The average Bonchev–Trinajstić information content (AvgIpc) is 3.09. The van der Waals surface area contributed by atoms with Crippen molar-refractivity contribution >= 4 is 23.3 Å². The van der Waals surface area contributed by atoms with E-state index in [1.807, 2.05) is 4.90 Å². The first-order chi connectivity index (χ1) is 13.0. The number of carbonyl (C=O) groups excluding carboxylic acids is 2. The van der Waals surface area contributed by atoms with E-state index in [-0.39, 0.29) is 18.0 Å². The number of nitrogens with one attached hydrogen (secondary N) is 2. The van der Waals surface area contributed by atoms with Crippen molar-refractivity contribution in [1.82, 2.24) is 4.90 Å². The van der Waals surface area contributed by atoms with Gasteiger partial charge in [-0.3, -0.25) is 4.79 Å². The molecular weight excluding hydrogens is 346 g/mol. The lowest BCUT2D eigenvalue weighted by atomic mass is 9.85. The van der Waals surface area contributed by atoms with Gasteiger partial charge in [0.25, 0.3) is 0 Å². The highest BCUT2D eigenvalue weighted by molar-refractivity contribution is 5.94. The van der Waals surface area contributed by atoms with Crippen LogP contribution in [0.3, 0.4) is 0 Å². The molecule has 1 aliphatic heterocycles. The Morgan fingerprint density at radius 2 is 2.00 bits per heavy atom. The van der Waals surface area contributed by atoms with Gasteiger partial charge in [-0.05, 0) is 49.8 Å². The van der Waals surface area contributed by atoms with Crippen LogP contribution in [0, 0.1) is 5.92 Å². The number of benzene rings is 1. The molecule has 1 aliphatic carbocycles. The predicted octanol–water partition coefficient (Wildman–Crippen LogP) is 3.47. The topological polar surface area (TPSA) is 79.9 Å². The minimum atomic E-state index is -0.193. The van der Waals surface area contributed by atoms with Gasteiger partial charge in [-0.2, -0.15) is 0 Å². The molecule has 1 heterocycles. The maximum Gasteiger partial charge on any atom is 0.321 e. The number of urea groups is 1. The lowest BCUT2D eigenvalue weighted by molar-refractivity contribution is -0.114. The molecule has 2 fully saturated rings. The maximum absolute atomic E-state index is 12.9. The largest absolute Gasteiger partial charge is 0.495 e. The zero-order valence-corrected chi connectivity index (χ0v) is 16.1. The van der Waals surface area contributed by atoms with Crippen molar-refractivity contribution in [2.24, 2.45) is 5.92 Å². The first-order valence-corrected chi connectivity index (χ1v) is 9.68. The number of hydrogen-bond acceptors (Lipinski definition) is 4. The molecule has 7 nitrogen and oxygen atoms in total. The summed E-state index contributed by atoms with van der Waals surface area (Å²) in [6.07, 6.45) is 5.81. The summed E-state index contributed by atoms with van der Waals surface area (Å²) in [7, 11) is 1.54. The third-order valence-corrected chi connectivity index (χ3v) is 5.20. The first-order valence-electron chi connectivity index (χ1n) is 9.68. The molecule has 1 aromatic rings. The Balaban J connectivity index is 1.68. The monoisotopic (exact) mass is 375 g/mol. The number of carbonyl (C=O) groups is 2. The smallest absolute Gasteiger partial charge is 0.321 e. The molecule has 1 atom stereocenters. The van der Waals surface area contributed by atoms with Gasteiger partial charge in [0.15, 0.2) is 0 Å². The molecule has 1 saturated heterocycles. The van der Waals surface area contributed by atoms with E-state index in [4.69, 9.17) is 9.47 Å². The number of anilines is 2. The molecule has 2 aliphatic rings. The van der Waals surface area contributed by atoms with Crippen molar-refractivity contribution in [2.75, 3.05) is 37.4 Å². The Kier molecular flexibility index (Phi) is 6.55. The van der Waals surface area contributed by atoms with Crippen molar-refractivity contribution < 1.29 is 19.1 Å². The third kappa shape index (κ3) is 5.35. The number of rotatable bonds is 7. The van der Waals surface area contributed by atoms with Crippen LogP contribution in [0.25, 0.3) is 0 Å². The van der Waals surface area contributed by atoms with Gasteiger partial charge < -0.3 is 25.0 Å². The van der Waals surface area contributed by atoms with Crippen LogP contribution in [-0.2, 0) is 9.53 Å². The Morgan fingerprint density at radius 1 is 1.19 bits per heavy atom. The molecule has 0 spiro atoms. The van der Waals surface area contributed by atoms with Gasteiger partial charge >= 0.3 is 6.03 Å². The van der Waals surface area contributed by atoms with Gasteiger partial charge in [-0.25, -0.2) is 4.79 Å². The van der Waals surface area contributed by atoms with Crippen LogP contribution in [-0.4, -0.2) is 49.7 Å². The van der Waals surface area contributed by atoms with E-state index in [0.29, 0.717) is 29.6 Å². The molecule has 3 rings (SSSR count). The van der Waals surface area contributed by atoms with Crippen LogP contribution in [0.5, 0.6) is 5.75 Å². The summed E-state index contributed by atoms with van der Waals surface area (Å²) in [4.78, 5) is 26.2. The van der Waals surface area contributed by atoms with E-state index >= 15 is 0 Å². The standard InChI is InChI=1S/C20H29N3O4/c1-14(24)21-18-11-16(8-9-19(18)26-2)22-20(25)23(12-15-5-3-6-15)13-17-7-4-10-27-17/h8-9,11,15,17H,3-7,10,12-13H2,1-2H3,(H,21,24)(H,22,25)/t17-/m0/s1. The van der Waals surface area contributed by atoms with Crippen molar-refractivity contribution in [3.63, 3.8) is 0 Å². The van der Waals surface area contributed by atoms with E-state index in [9.17, 15) is 9.59 Å². The summed E-state index contributed by atoms with van der Waals surface area (Å²) in [6.45, 7) is 3.60. The van der Waals surface area contributed by atoms with E-state index in [1.165, 1.54) is 26.2 Å². The van der Waals surface area contributed by atoms with Crippen molar-refractivity contribution in [3.05, 3.63) is 18.2 Å². The van der Waals surface area contributed by atoms with Crippen molar-refractivity contribution in [3.8, 4) is 5.75 Å². The van der Waals surface area contributed by atoms with Gasteiger partial charge in [-0.1, -0.05) is 6.42 Å². The summed E-state index contributed by atoms with van der Waals surface area (Å²) in [5.41, 5.74) is 1.16. The number of methoxy groups -OCH3 is 1. The van der Waals surface area contributed by atoms with E-state index in [2.05, 4.69) is 10.6 Å².